The summed E-state index contributed by atoms with van der Waals surface area (Å²) in [5.74, 6) is 0.688. The molecule has 96 heavy (non-hydrogen) atoms. The lowest BCUT2D eigenvalue weighted by molar-refractivity contribution is 0.795. The van der Waals surface area contributed by atoms with E-state index >= 15 is 0 Å². The van der Waals surface area contributed by atoms with Crippen LogP contribution in [0, 0.1) is 0 Å². The molecule has 4 aromatic heterocycles. The Balaban J connectivity index is 0.669. The molecule has 0 radical (unpaired) electrons. The fraction of sp³-hybridized carbons (Fsp3) is 0.0220. The number of hydrogen-bond acceptors (Lipinski definition) is 3. The Morgan fingerprint density at radius 2 is 0.667 bits per heavy atom. The molecule has 5 nitrogen and oxygen atoms in total. The van der Waals surface area contributed by atoms with Gasteiger partial charge >= 0.3 is 0 Å². The number of imidazole rings is 2. The standard InChI is InChI=1S/C91H53N5/c1-2-18-61-54(17-1)41-44-78-85(61)87-69-25-5-3-19-62(69)72(49-80(87)90(78)74-29-11-7-21-65(74)66-22-8-12-30-75(66)90)55-33-37-57(38-34-55)82-53-96-51-59(42-46-84(96)93-82)60-27-15-28-71-64(60)43-45-79-86(71)88-70-26-6-4-20-63(70)73(56-35-39-58(40-36-56)83-52-95-48-16-47-92-89(95)94-83)50-81(88)91(79)76-31-13-9-23-67(76)68-24-10-14-32-77(68)91/h1-53H. The Bertz CT molecular complexity index is 6340. The van der Waals surface area contributed by atoms with E-state index in [4.69, 9.17) is 9.97 Å². The summed E-state index contributed by atoms with van der Waals surface area (Å²) in [5, 5.41) is 9.99. The summed E-state index contributed by atoms with van der Waals surface area (Å²) in [4.78, 5) is 14.7. The molecular formula is C91H53N5. The summed E-state index contributed by atoms with van der Waals surface area (Å²) in [6.07, 6.45) is 10.3. The van der Waals surface area contributed by atoms with E-state index in [2.05, 4.69) is 313 Å². The molecule has 5 heteroatoms. The van der Waals surface area contributed by atoms with Gasteiger partial charge in [-0.2, -0.15) is 0 Å². The summed E-state index contributed by atoms with van der Waals surface area (Å²) >= 11 is 0. The van der Waals surface area contributed by atoms with E-state index in [1.165, 1.54) is 154 Å². The first-order valence-electron chi connectivity index (χ1n) is 33.2. The maximum Gasteiger partial charge on any atom is 0.234 e. The van der Waals surface area contributed by atoms with Crippen LogP contribution in [-0.2, 0) is 10.8 Å². The number of aromatic nitrogens is 5. The molecule has 2 spiro atoms. The summed E-state index contributed by atoms with van der Waals surface area (Å²) in [6.45, 7) is 0. The molecule has 4 heterocycles. The normalized spacial score (nSPS) is 13.8. The lowest BCUT2D eigenvalue weighted by atomic mass is 9.69. The molecule has 0 unspecified atom stereocenters. The van der Waals surface area contributed by atoms with Crippen molar-refractivity contribution in [2.24, 2.45) is 0 Å². The number of benzene rings is 14. The summed E-state index contributed by atoms with van der Waals surface area (Å²) in [6, 6.07) is 110. The molecule has 0 aliphatic heterocycles. The van der Waals surface area contributed by atoms with Crippen molar-refractivity contribution in [2.45, 2.75) is 10.8 Å². The number of hydrogen-bond donors (Lipinski definition) is 0. The van der Waals surface area contributed by atoms with E-state index in [1.807, 2.05) is 16.7 Å². The van der Waals surface area contributed by atoms with E-state index < -0.39 is 10.8 Å². The largest absolute Gasteiger partial charge is 0.306 e. The fourth-order valence-corrected chi connectivity index (χ4v) is 18.2. The number of nitrogens with zero attached hydrogens (tertiary/aromatic N) is 5. The van der Waals surface area contributed by atoms with Crippen LogP contribution in [0.5, 0.6) is 0 Å². The van der Waals surface area contributed by atoms with Gasteiger partial charge in [0.05, 0.1) is 22.2 Å². The zero-order chi connectivity index (χ0) is 62.5. The Morgan fingerprint density at radius 3 is 1.23 bits per heavy atom. The van der Waals surface area contributed by atoms with Crippen molar-refractivity contribution in [1.29, 1.82) is 0 Å². The predicted molar refractivity (Wildman–Crippen MR) is 392 cm³/mol. The second-order valence-electron chi connectivity index (χ2n) is 26.5. The molecule has 0 N–H and O–H groups in total. The summed E-state index contributed by atoms with van der Waals surface area (Å²) in [5.41, 5.74) is 32.0. The van der Waals surface area contributed by atoms with Crippen LogP contribution >= 0.6 is 0 Å². The molecule has 14 aromatic carbocycles. The van der Waals surface area contributed by atoms with Crippen molar-refractivity contribution < 1.29 is 0 Å². The zero-order valence-corrected chi connectivity index (χ0v) is 51.8. The van der Waals surface area contributed by atoms with Crippen LogP contribution in [0.15, 0.2) is 322 Å². The number of rotatable bonds is 5. The summed E-state index contributed by atoms with van der Waals surface area (Å²) in [7, 11) is 0. The molecule has 22 rings (SSSR count). The van der Waals surface area contributed by atoms with Gasteiger partial charge in [0.2, 0.25) is 5.78 Å². The lowest BCUT2D eigenvalue weighted by Gasteiger charge is -2.31. The van der Waals surface area contributed by atoms with Gasteiger partial charge in [-0.25, -0.2) is 15.0 Å². The molecule has 18 aromatic rings. The number of fused-ring (bicyclic) bond motifs is 30. The second kappa shape index (κ2) is 19.0. The maximum absolute atomic E-state index is 5.31. The monoisotopic (exact) mass is 1220 g/mol. The third-order valence-electron chi connectivity index (χ3n) is 22.1. The van der Waals surface area contributed by atoms with Crippen molar-refractivity contribution in [3.8, 4) is 100 Å². The Hall–Kier alpha value is -12.6. The maximum atomic E-state index is 5.31. The van der Waals surface area contributed by atoms with Crippen molar-refractivity contribution in [3.05, 3.63) is 367 Å². The first kappa shape index (κ1) is 52.0. The first-order chi connectivity index (χ1) is 47.6. The van der Waals surface area contributed by atoms with Gasteiger partial charge in [-0.1, -0.05) is 261 Å². The average Bonchev–Trinajstić information content (AvgIpc) is 1.50. The molecule has 4 aliphatic carbocycles. The van der Waals surface area contributed by atoms with Crippen molar-refractivity contribution >= 4 is 54.5 Å². The van der Waals surface area contributed by atoms with Crippen LogP contribution in [0.25, 0.3) is 155 Å². The smallest absolute Gasteiger partial charge is 0.234 e. The van der Waals surface area contributed by atoms with Crippen LogP contribution < -0.4 is 0 Å². The van der Waals surface area contributed by atoms with Gasteiger partial charge in [0.15, 0.2) is 0 Å². The third-order valence-corrected chi connectivity index (χ3v) is 22.1. The van der Waals surface area contributed by atoms with Crippen LogP contribution in [0.4, 0.5) is 0 Å². The van der Waals surface area contributed by atoms with Gasteiger partial charge in [-0.15, -0.1) is 0 Å². The molecular weight excluding hydrogens is 1160 g/mol. The van der Waals surface area contributed by atoms with E-state index in [0.717, 1.165) is 39.3 Å². The van der Waals surface area contributed by atoms with Gasteiger partial charge < -0.3 is 4.40 Å². The molecule has 4 aliphatic rings. The van der Waals surface area contributed by atoms with Crippen LogP contribution in [0.3, 0.4) is 0 Å². The van der Waals surface area contributed by atoms with Gasteiger partial charge in [0, 0.05) is 42.1 Å². The minimum atomic E-state index is -0.565. The third kappa shape index (κ3) is 6.70. The molecule has 0 fully saturated rings. The van der Waals surface area contributed by atoms with Crippen molar-refractivity contribution in [1.82, 2.24) is 23.8 Å². The van der Waals surface area contributed by atoms with Gasteiger partial charge in [-0.3, -0.25) is 4.40 Å². The van der Waals surface area contributed by atoms with Gasteiger partial charge in [0.25, 0.3) is 0 Å². The topological polar surface area (TPSA) is 47.5 Å². The zero-order valence-electron chi connectivity index (χ0n) is 51.8. The molecule has 0 bridgehead atoms. The van der Waals surface area contributed by atoms with Crippen LogP contribution in [0.1, 0.15) is 44.5 Å². The average molecular weight is 1220 g/mol. The molecule has 0 amide bonds. The predicted octanol–water partition coefficient (Wildman–Crippen LogP) is 22.0. The highest BCUT2D eigenvalue weighted by Crippen LogP contribution is 2.68. The SMILES string of the molecule is c1ccc2c(c1)-c1ccccc1C21c2ccc3ccccc3c2-c2c1cc(-c1ccc(-c3cn4cc(-c5cccc6c7c(ccc56)C5(c6ccccc6-c6ccccc65)c5cc(-c6ccc(-c8cn9cccnc9n8)cc6)c6ccccc6c5-7)ccc4n3)cc1)c1ccccc21. The first-order valence-corrected chi connectivity index (χ1v) is 33.2. The van der Waals surface area contributed by atoms with Crippen molar-refractivity contribution in [2.75, 3.05) is 0 Å². The molecule has 0 saturated heterocycles. The van der Waals surface area contributed by atoms with E-state index in [0.29, 0.717) is 5.78 Å². The number of pyridine rings is 1. The Kier molecular flexibility index (Phi) is 10.3. The molecule has 0 saturated carbocycles. The minimum absolute atomic E-state index is 0.488. The highest BCUT2D eigenvalue weighted by molar-refractivity contribution is 6.19. The Morgan fingerprint density at radius 1 is 0.250 bits per heavy atom. The lowest BCUT2D eigenvalue weighted by Crippen LogP contribution is -2.26. The molecule has 0 atom stereocenters. The fourth-order valence-electron chi connectivity index (χ4n) is 18.2. The quantitative estimate of drug-likeness (QED) is 0.173. The molecule has 442 valence electrons. The van der Waals surface area contributed by atoms with Gasteiger partial charge in [0.1, 0.15) is 5.65 Å². The minimum Gasteiger partial charge on any atom is -0.306 e. The van der Waals surface area contributed by atoms with Crippen LogP contribution in [-0.4, -0.2) is 23.8 Å². The van der Waals surface area contributed by atoms with E-state index in [-0.39, 0.29) is 0 Å². The van der Waals surface area contributed by atoms with Crippen LogP contribution in [0.2, 0.25) is 0 Å². The highest BCUT2D eigenvalue weighted by Gasteiger charge is 2.54. The van der Waals surface area contributed by atoms with E-state index in [9.17, 15) is 0 Å². The van der Waals surface area contributed by atoms with Crippen molar-refractivity contribution in [3.63, 3.8) is 0 Å². The Labute approximate surface area is 552 Å². The van der Waals surface area contributed by atoms with E-state index in [1.54, 1.807) is 6.20 Å². The van der Waals surface area contributed by atoms with Gasteiger partial charge in [-0.05, 0) is 196 Å². The summed E-state index contributed by atoms with van der Waals surface area (Å²) < 4.78 is 4.19. The second-order valence-corrected chi connectivity index (χ2v) is 26.5. The highest BCUT2D eigenvalue weighted by atomic mass is 15.1.